The van der Waals surface area contributed by atoms with Crippen LogP contribution in [0.25, 0.3) is 0 Å². The van der Waals surface area contributed by atoms with Gasteiger partial charge < -0.3 is 19.1 Å². The van der Waals surface area contributed by atoms with E-state index in [1.54, 1.807) is 23.1 Å². The highest BCUT2D eigenvalue weighted by Gasteiger charge is 2.28. The Balaban J connectivity index is 1.32. The molecular formula is C25H31FN2O4. The van der Waals surface area contributed by atoms with E-state index in [4.69, 9.17) is 14.2 Å². The zero-order chi connectivity index (χ0) is 22.7. The molecule has 2 aromatic rings. The number of pyridine rings is 1. The molecule has 0 bridgehead atoms. The lowest BCUT2D eigenvalue weighted by atomic mass is 9.93. The number of rotatable bonds is 5. The molecular weight excluding hydrogens is 411 g/mol. The number of ether oxygens (including phenoxy) is 3. The smallest absolute Gasteiger partial charge is 0.410 e. The highest BCUT2D eigenvalue weighted by atomic mass is 19.1. The summed E-state index contributed by atoms with van der Waals surface area (Å²) >= 11 is 0. The number of nitrogens with zero attached hydrogens (tertiary/aromatic N) is 2. The summed E-state index contributed by atoms with van der Waals surface area (Å²) in [4.78, 5) is 18.7. The number of amides is 1. The number of carbonyl (C=O) groups excluding carboxylic acids is 1. The maximum absolute atomic E-state index is 14.5. The molecule has 1 aromatic heterocycles. The number of benzene rings is 1. The van der Waals surface area contributed by atoms with Crippen LogP contribution in [0, 0.1) is 5.82 Å². The largest absolute Gasteiger partial charge is 0.473 e. The van der Waals surface area contributed by atoms with Gasteiger partial charge >= 0.3 is 6.09 Å². The number of likely N-dealkylation sites (tertiary alicyclic amines) is 1. The van der Waals surface area contributed by atoms with E-state index in [0.29, 0.717) is 43.7 Å². The quantitative estimate of drug-likeness (QED) is 0.650. The summed E-state index contributed by atoms with van der Waals surface area (Å²) in [6, 6.07) is 11.0. The van der Waals surface area contributed by atoms with Crippen LogP contribution in [0.2, 0.25) is 0 Å². The van der Waals surface area contributed by atoms with Crippen molar-refractivity contribution in [3.8, 4) is 5.88 Å². The summed E-state index contributed by atoms with van der Waals surface area (Å²) in [5.41, 5.74) is 1.92. The number of hydrogen-bond donors (Lipinski definition) is 0. The molecule has 6 nitrogen and oxygen atoms in total. The normalized spacial score (nSPS) is 17.7. The zero-order valence-corrected chi connectivity index (χ0v) is 19.0. The van der Waals surface area contributed by atoms with Crippen molar-refractivity contribution in [2.75, 3.05) is 26.3 Å². The molecule has 7 heteroatoms. The van der Waals surface area contributed by atoms with Gasteiger partial charge in [-0.05, 0) is 51.3 Å². The van der Waals surface area contributed by atoms with E-state index < -0.39 is 5.60 Å². The van der Waals surface area contributed by atoms with Crippen LogP contribution < -0.4 is 4.74 Å². The summed E-state index contributed by atoms with van der Waals surface area (Å²) in [5, 5.41) is 0. The van der Waals surface area contributed by atoms with Crippen molar-refractivity contribution in [2.45, 2.75) is 57.7 Å². The van der Waals surface area contributed by atoms with Crippen LogP contribution in [0.1, 0.15) is 62.3 Å². The molecule has 0 saturated carbocycles. The molecule has 0 N–H and O–H groups in total. The van der Waals surface area contributed by atoms with Gasteiger partial charge in [-0.2, -0.15) is 0 Å². The van der Waals surface area contributed by atoms with Gasteiger partial charge in [0.2, 0.25) is 5.88 Å². The van der Waals surface area contributed by atoms with E-state index in [1.807, 2.05) is 39.0 Å². The molecule has 0 unspecified atom stereocenters. The van der Waals surface area contributed by atoms with E-state index in [0.717, 1.165) is 24.1 Å². The zero-order valence-electron chi connectivity index (χ0n) is 19.0. The monoisotopic (exact) mass is 442 g/mol. The van der Waals surface area contributed by atoms with Crippen LogP contribution in [0.5, 0.6) is 5.88 Å². The molecule has 2 aliphatic heterocycles. The predicted molar refractivity (Wildman–Crippen MR) is 118 cm³/mol. The molecule has 0 radical (unpaired) electrons. The van der Waals surface area contributed by atoms with Crippen molar-refractivity contribution in [2.24, 2.45) is 0 Å². The van der Waals surface area contributed by atoms with Crippen molar-refractivity contribution in [3.63, 3.8) is 0 Å². The van der Waals surface area contributed by atoms with Gasteiger partial charge in [0.25, 0.3) is 0 Å². The number of hydrogen-bond acceptors (Lipinski definition) is 5. The second-order valence-corrected chi connectivity index (χ2v) is 9.52. The third-order valence-electron chi connectivity index (χ3n) is 5.87. The Morgan fingerprint density at radius 3 is 2.53 bits per heavy atom. The molecule has 2 fully saturated rings. The lowest BCUT2D eigenvalue weighted by Gasteiger charge is -2.33. The van der Waals surface area contributed by atoms with E-state index in [9.17, 15) is 9.18 Å². The van der Waals surface area contributed by atoms with Crippen molar-refractivity contribution < 1.29 is 23.4 Å². The molecule has 2 saturated heterocycles. The van der Waals surface area contributed by atoms with Gasteiger partial charge in [0.15, 0.2) is 0 Å². The Labute approximate surface area is 188 Å². The SMILES string of the molecule is CC(C)(C)OC(=O)N1CCC(c2cccc(OCc3ccc(C4COC4)cc3F)n2)CC1. The second kappa shape index (κ2) is 9.45. The van der Waals surface area contributed by atoms with Gasteiger partial charge in [0.05, 0.1) is 13.2 Å². The molecule has 1 aromatic carbocycles. The Morgan fingerprint density at radius 1 is 1.16 bits per heavy atom. The average molecular weight is 443 g/mol. The first-order valence-electron chi connectivity index (χ1n) is 11.2. The molecule has 0 aliphatic carbocycles. The van der Waals surface area contributed by atoms with Gasteiger partial charge in [-0.3, -0.25) is 0 Å². The van der Waals surface area contributed by atoms with Crippen molar-refractivity contribution in [1.29, 1.82) is 0 Å². The fourth-order valence-electron chi connectivity index (χ4n) is 3.94. The molecule has 2 aliphatic rings. The Hall–Kier alpha value is -2.67. The van der Waals surface area contributed by atoms with E-state index >= 15 is 0 Å². The molecule has 0 spiro atoms. The number of halogens is 1. The summed E-state index contributed by atoms with van der Waals surface area (Å²) in [5.74, 6) is 0.755. The Bertz CT molecular complexity index is 947. The summed E-state index contributed by atoms with van der Waals surface area (Å²) < 4.78 is 30.9. The van der Waals surface area contributed by atoms with Gasteiger partial charge in [-0.1, -0.05) is 18.2 Å². The first-order chi connectivity index (χ1) is 15.3. The van der Waals surface area contributed by atoms with Gasteiger partial charge in [-0.15, -0.1) is 0 Å². The highest BCUT2D eigenvalue weighted by Crippen LogP contribution is 2.29. The lowest BCUT2D eigenvalue weighted by Crippen LogP contribution is -2.41. The van der Waals surface area contributed by atoms with E-state index in [-0.39, 0.29) is 24.4 Å². The molecule has 0 atom stereocenters. The maximum Gasteiger partial charge on any atom is 0.410 e. The van der Waals surface area contributed by atoms with E-state index in [2.05, 4.69) is 4.98 Å². The van der Waals surface area contributed by atoms with Crippen LogP contribution in [0.15, 0.2) is 36.4 Å². The van der Waals surface area contributed by atoms with Crippen LogP contribution in [0.3, 0.4) is 0 Å². The van der Waals surface area contributed by atoms with Gasteiger partial charge in [0.1, 0.15) is 18.0 Å². The highest BCUT2D eigenvalue weighted by molar-refractivity contribution is 5.68. The first kappa shape index (κ1) is 22.5. The summed E-state index contributed by atoms with van der Waals surface area (Å²) in [7, 11) is 0. The average Bonchev–Trinajstić information content (AvgIpc) is 2.71. The lowest BCUT2D eigenvalue weighted by molar-refractivity contribution is 0.00830. The topological polar surface area (TPSA) is 60.9 Å². The molecule has 3 heterocycles. The third-order valence-corrected chi connectivity index (χ3v) is 5.87. The third kappa shape index (κ3) is 5.57. The molecule has 1 amide bonds. The number of aromatic nitrogens is 1. The van der Waals surface area contributed by atoms with Crippen LogP contribution in [-0.4, -0.2) is 47.9 Å². The summed E-state index contributed by atoms with van der Waals surface area (Å²) in [6.45, 7) is 8.32. The van der Waals surface area contributed by atoms with Crippen molar-refractivity contribution in [3.05, 3.63) is 59.0 Å². The van der Waals surface area contributed by atoms with Gasteiger partial charge in [-0.25, -0.2) is 14.2 Å². The standard InChI is InChI=1S/C25H31FN2O4/c1-25(2,3)32-24(29)28-11-9-17(10-12-28)22-5-4-6-23(27-22)31-16-19-8-7-18(13-21(19)26)20-14-30-15-20/h4-8,13,17,20H,9-12,14-16H2,1-3H3. The van der Waals surface area contributed by atoms with Crippen LogP contribution in [-0.2, 0) is 16.1 Å². The minimum absolute atomic E-state index is 0.126. The molecule has 32 heavy (non-hydrogen) atoms. The second-order valence-electron chi connectivity index (χ2n) is 9.52. The number of carbonyl (C=O) groups is 1. The maximum atomic E-state index is 14.5. The molecule has 172 valence electrons. The van der Waals surface area contributed by atoms with Gasteiger partial charge in [0, 0.05) is 42.2 Å². The molecule has 4 rings (SSSR count). The summed E-state index contributed by atoms with van der Waals surface area (Å²) in [6.07, 6.45) is 1.37. The van der Waals surface area contributed by atoms with Crippen LogP contribution >= 0.6 is 0 Å². The predicted octanol–water partition coefficient (Wildman–Crippen LogP) is 5.03. The Morgan fingerprint density at radius 2 is 1.91 bits per heavy atom. The minimum atomic E-state index is -0.493. The van der Waals surface area contributed by atoms with Crippen LogP contribution in [0.4, 0.5) is 9.18 Å². The van der Waals surface area contributed by atoms with Crippen molar-refractivity contribution >= 4 is 6.09 Å². The van der Waals surface area contributed by atoms with E-state index in [1.165, 1.54) is 0 Å². The fraction of sp³-hybridized carbons (Fsp3) is 0.520. The Kier molecular flexibility index (Phi) is 6.65. The fourth-order valence-corrected chi connectivity index (χ4v) is 3.94. The number of piperidine rings is 1. The first-order valence-corrected chi connectivity index (χ1v) is 11.2. The van der Waals surface area contributed by atoms with Crippen molar-refractivity contribution in [1.82, 2.24) is 9.88 Å². The minimum Gasteiger partial charge on any atom is -0.473 e.